The number of hydrogen-bond donors (Lipinski definition) is 3. The van der Waals surface area contributed by atoms with Crippen LogP contribution < -0.4 is 10.6 Å². The molecule has 3 rings (SSSR count). The van der Waals surface area contributed by atoms with Crippen LogP contribution in [0.15, 0.2) is 36.4 Å². The van der Waals surface area contributed by atoms with Crippen LogP contribution in [0.1, 0.15) is 19.4 Å². The first-order chi connectivity index (χ1) is 10.6. The van der Waals surface area contributed by atoms with Gasteiger partial charge in [-0.15, -0.1) is 0 Å². The van der Waals surface area contributed by atoms with E-state index in [0.29, 0.717) is 6.42 Å². The van der Waals surface area contributed by atoms with Crippen LogP contribution in [0.5, 0.6) is 0 Å². The summed E-state index contributed by atoms with van der Waals surface area (Å²) in [6, 6.07) is 11.9. The van der Waals surface area contributed by atoms with Crippen LogP contribution in [0.4, 0.5) is 5.69 Å². The van der Waals surface area contributed by atoms with Gasteiger partial charge in [0.15, 0.2) is 0 Å². The smallest absolute Gasteiger partial charge is 0.243 e. The number of carbonyl (C=O) groups is 1. The van der Waals surface area contributed by atoms with Crippen molar-refractivity contribution in [1.29, 1.82) is 0 Å². The lowest BCUT2D eigenvalue weighted by molar-refractivity contribution is -0.123. The summed E-state index contributed by atoms with van der Waals surface area (Å²) in [4.78, 5) is 12.4. The first-order valence-corrected chi connectivity index (χ1v) is 7.78. The highest BCUT2D eigenvalue weighted by atomic mass is 16.3. The lowest BCUT2D eigenvalue weighted by Crippen LogP contribution is -2.50. The molecule has 0 fully saturated rings. The van der Waals surface area contributed by atoms with E-state index < -0.39 is 0 Å². The van der Waals surface area contributed by atoms with Gasteiger partial charge in [0.2, 0.25) is 5.91 Å². The van der Waals surface area contributed by atoms with E-state index in [4.69, 9.17) is 0 Å². The number of aliphatic hydroxyl groups is 1. The molecule has 0 aromatic heterocycles. The van der Waals surface area contributed by atoms with Gasteiger partial charge in [0.25, 0.3) is 0 Å². The van der Waals surface area contributed by atoms with Gasteiger partial charge in [-0.1, -0.05) is 38.1 Å². The number of carbonyl (C=O) groups excluding carboxylic acids is 1. The van der Waals surface area contributed by atoms with Crippen LogP contribution in [-0.4, -0.2) is 29.7 Å². The van der Waals surface area contributed by atoms with Gasteiger partial charge < -0.3 is 15.7 Å². The van der Waals surface area contributed by atoms with Crippen molar-refractivity contribution in [2.24, 2.45) is 5.92 Å². The molecule has 0 aliphatic carbocycles. The fraction of sp³-hybridized carbons (Fsp3) is 0.389. The van der Waals surface area contributed by atoms with Crippen molar-refractivity contribution < 1.29 is 9.90 Å². The molecular formula is C18H22N2O2. The SMILES string of the molecule is CC(C)[C@@H]1Nc2cc3ccccc3cc2C[C@@H](CO)NC1=O. The van der Waals surface area contributed by atoms with Crippen molar-refractivity contribution in [3.8, 4) is 0 Å². The molecule has 0 radical (unpaired) electrons. The first kappa shape index (κ1) is 14.9. The van der Waals surface area contributed by atoms with E-state index in [2.05, 4.69) is 34.9 Å². The summed E-state index contributed by atoms with van der Waals surface area (Å²) in [5.74, 6) is 0.115. The lowest BCUT2D eigenvalue weighted by Gasteiger charge is -2.30. The van der Waals surface area contributed by atoms with E-state index in [1.165, 1.54) is 5.39 Å². The maximum atomic E-state index is 12.4. The second kappa shape index (κ2) is 5.97. The Balaban J connectivity index is 2.10. The quantitative estimate of drug-likeness (QED) is 0.797. The number of benzene rings is 2. The fourth-order valence-electron chi connectivity index (χ4n) is 3.01. The molecule has 1 aliphatic rings. The molecule has 2 atom stereocenters. The Hall–Kier alpha value is -2.07. The average molecular weight is 298 g/mol. The van der Waals surface area contributed by atoms with Crippen LogP contribution >= 0.6 is 0 Å². The second-order valence-electron chi connectivity index (χ2n) is 6.31. The van der Waals surface area contributed by atoms with Gasteiger partial charge >= 0.3 is 0 Å². The standard InChI is InChI=1S/C18H22N2O2/c1-11(2)17-18(22)19-15(10-21)8-14-7-12-5-3-4-6-13(12)9-16(14)20-17/h3-7,9,11,15,17,20-21H,8,10H2,1-2H3,(H,19,22)/t15-,17-/m0/s1. The number of anilines is 1. The summed E-state index contributed by atoms with van der Waals surface area (Å²) >= 11 is 0. The summed E-state index contributed by atoms with van der Waals surface area (Å²) in [6.07, 6.45) is 0.625. The molecule has 22 heavy (non-hydrogen) atoms. The molecule has 0 bridgehead atoms. The summed E-state index contributed by atoms with van der Waals surface area (Å²) in [6.45, 7) is 3.99. The minimum Gasteiger partial charge on any atom is -0.394 e. The Bertz CT molecular complexity index is 697. The third-order valence-electron chi connectivity index (χ3n) is 4.26. The Morgan fingerprint density at radius 2 is 1.86 bits per heavy atom. The van der Waals surface area contributed by atoms with Crippen LogP contribution in [0.25, 0.3) is 10.8 Å². The van der Waals surface area contributed by atoms with Gasteiger partial charge in [0, 0.05) is 5.69 Å². The minimum absolute atomic E-state index is 0.0483. The third-order valence-corrected chi connectivity index (χ3v) is 4.26. The van der Waals surface area contributed by atoms with Crippen molar-refractivity contribution in [3.05, 3.63) is 42.0 Å². The molecule has 1 amide bonds. The van der Waals surface area contributed by atoms with Crippen molar-refractivity contribution in [2.45, 2.75) is 32.4 Å². The summed E-state index contributed by atoms with van der Waals surface area (Å²) < 4.78 is 0. The molecule has 116 valence electrons. The van der Waals surface area contributed by atoms with Crippen LogP contribution in [0.2, 0.25) is 0 Å². The number of aliphatic hydroxyl groups excluding tert-OH is 1. The monoisotopic (exact) mass is 298 g/mol. The molecule has 0 saturated heterocycles. The Labute approximate surface area is 130 Å². The van der Waals surface area contributed by atoms with Gasteiger partial charge in [-0.25, -0.2) is 0 Å². The van der Waals surface area contributed by atoms with Gasteiger partial charge in [-0.05, 0) is 40.8 Å². The number of amides is 1. The van der Waals surface area contributed by atoms with E-state index in [1.54, 1.807) is 0 Å². The van der Waals surface area contributed by atoms with Gasteiger partial charge in [-0.2, -0.15) is 0 Å². The third kappa shape index (κ3) is 2.79. The van der Waals surface area contributed by atoms with Gasteiger partial charge in [0.05, 0.1) is 12.6 Å². The van der Waals surface area contributed by atoms with Crippen molar-refractivity contribution in [3.63, 3.8) is 0 Å². The number of rotatable bonds is 2. The maximum absolute atomic E-state index is 12.4. The first-order valence-electron chi connectivity index (χ1n) is 7.78. The molecule has 4 nitrogen and oxygen atoms in total. The number of nitrogens with one attached hydrogen (secondary N) is 2. The van der Waals surface area contributed by atoms with Crippen molar-refractivity contribution in [2.75, 3.05) is 11.9 Å². The Morgan fingerprint density at radius 1 is 1.18 bits per heavy atom. The lowest BCUT2D eigenvalue weighted by atomic mass is 9.95. The molecule has 0 unspecified atom stereocenters. The maximum Gasteiger partial charge on any atom is 0.243 e. The van der Waals surface area contributed by atoms with Gasteiger partial charge in [-0.3, -0.25) is 4.79 Å². The Morgan fingerprint density at radius 3 is 2.50 bits per heavy atom. The molecular weight excluding hydrogens is 276 g/mol. The zero-order valence-electron chi connectivity index (χ0n) is 13.0. The van der Waals surface area contributed by atoms with E-state index in [9.17, 15) is 9.90 Å². The van der Waals surface area contributed by atoms with E-state index in [0.717, 1.165) is 16.6 Å². The number of fused-ring (bicyclic) bond motifs is 2. The normalized spacial score (nSPS) is 21.7. The highest BCUT2D eigenvalue weighted by molar-refractivity contribution is 5.90. The second-order valence-corrected chi connectivity index (χ2v) is 6.31. The van der Waals surface area contributed by atoms with E-state index in [-0.39, 0.29) is 30.5 Å². The topological polar surface area (TPSA) is 61.4 Å². The molecule has 4 heteroatoms. The predicted molar refractivity (Wildman–Crippen MR) is 88.9 cm³/mol. The van der Waals surface area contributed by atoms with Gasteiger partial charge in [0.1, 0.15) is 6.04 Å². The molecule has 0 saturated carbocycles. The average Bonchev–Trinajstić information content (AvgIpc) is 2.49. The molecule has 0 spiro atoms. The zero-order chi connectivity index (χ0) is 15.7. The van der Waals surface area contributed by atoms with Crippen LogP contribution in [0.3, 0.4) is 0 Å². The largest absolute Gasteiger partial charge is 0.394 e. The summed E-state index contributed by atoms with van der Waals surface area (Å²) in [5, 5.41) is 18.2. The van der Waals surface area contributed by atoms with Crippen LogP contribution in [0, 0.1) is 5.92 Å². The number of hydrogen-bond acceptors (Lipinski definition) is 3. The Kier molecular flexibility index (Phi) is 4.03. The molecule has 1 heterocycles. The fourth-order valence-corrected chi connectivity index (χ4v) is 3.01. The highest BCUT2D eigenvalue weighted by Gasteiger charge is 2.28. The van der Waals surface area contributed by atoms with Crippen LogP contribution in [-0.2, 0) is 11.2 Å². The minimum atomic E-state index is -0.297. The predicted octanol–water partition coefficient (Wildman–Crippen LogP) is 2.31. The van der Waals surface area contributed by atoms with E-state index in [1.807, 2.05) is 26.0 Å². The van der Waals surface area contributed by atoms with Crippen molar-refractivity contribution >= 4 is 22.4 Å². The molecule has 3 N–H and O–H groups in total. The summed E-state index contributed by atoms with van der Waals surface area (Å²) in [7, 11) is 0. The zero-order valence-corrected chi connectivity index (χ0v) is 13.0. The molecule has 1 aliphatic heterocycles. The van der Waals surface area contributed by atoms with Crippen molar-refractivity contribution in [1.82, 2.24) is 5.32 Å². The highest BCUT2D eigenvalue weighted by Crippen LogP contribution is 2.28. The van der Waals surface area contributed by atoms with E-state index >= 15 is 0 Å². The summed E-state index contributed by atoms with van der Waals surface area (Å²) in [5.41, 5.74) is 2.12. The molecule has 2 aromatic carbocycles. The molecule has 2 aromatic rings.